The van der Waals surface area contributed by atoms with Crippen LogP contribution in [-0.2, 0) is 4.74 Å². The van der Waals surface area contributed by atoms with E-state index < -0.39 is 0 Å². The highest BCUT2D eigenvalue weighted by Gasteiger charge is 1.99. The molecule has 40 valence electrons. The molecule has 0 bridgehead atoms. The zero-order valence-corrected chi connectivity index (χ0v) is 3.92. The molecule has 0 radical (unpaired) electrons. The van der Waals surface area contributed by atoms with Gasteiger partial charge in [-0.15, -0.1) is 0 Å². The fourth-order valence-corrected chi connectivity index (χ4v) is 0.418. The number of rotatable bonds is 0. The van der Waals surface area contributed by atoms with E-state index in [4.69, 9.17) is 10.5 Å². The largest absolute Gasteiger partial charge is 0.496 e. The second-order valence-electron chi connectivity index (χ2n) is 1.41. The summed E-state index contributed by atoms with van der Waals surface area (Å²) < 4.78 is 4.81. The van der Waals surface area contributed by atoms with Gasteiger partial charge in [0, 0.05) is 6.20 Å². The smallest absolute Gasteiger partial charge is 0.121 e. The minimum Gasteiger partial charge on any atom is -0.496 e. The Hall–Kier alpha value is -0.700. The Kier molecular flexibility index (Phi) is 1.17. The molecule has 3 nitrogen and oxygen atoms in total. The highest BCUT2D eigenvalue weighted by atomic mass is 16.5. The van der Waals surface area contributed by atoms with Crippen molar-refractivity contribution in [3.05, 3.63) is 12.5 Å². The average Bonchev–Trinajstić information content (AvgIpc) is 1.69. The first-order valence-corrected chi connectivity index (χ1v) is 2.18. The van der Waals surface area contributed by atoms with Crippen LogP contribution >= 0.6 is 0 Å². The van der Waals surface area contributed by atoms with Gasteiger partial charge in [0.15, 0.2) is 0 Å². The van der Waals surface area contributed by atoms with Gasteiger partial charge in [-0.2, -0.15) is 0 Å². The number of nitrogens with one attached hydrogen (secondary N) is 1. The molecule has 1 aliphatic rings. The molecule has 7 heavy (non-hydrogen) atoms. The van der Waals surface area contributed by atoms with Crippen LogP contribution in [0, 0.1) is 0 Å². The molecule has 0 aromatic heterocycles. The van der Waals surface area contributed by atoms with Crippen LogP contribution in [-0.4, -0.2) is 12.8 Å². The first kappa shape index (κ1) is 4.46. The van der Waals surface area contributed by atoms with Crippen LogP contribution in [0.25, 0.3) is 0 Å². The summed E-state index contributed by atoms with van der Waals surface area (Å²) >= 11 is 0. The molecular weight excluding hydrogens is 92.1 g/mol. The Balaban J connectivity index is 2.32. The van der Waals surface area contributed by atoms with Crippen molar-refractivity contribution < 1.29 is 4.74 Å². The summed E-state index contributed by atoms with van der Waals surface area (Å²) in [6.45, 7) is 0.566. The second-order valence-corrected chi connectivity index (χ2v) is 1.41. The van der Waals surface area contributed by atoms with Crippen molar-refractivity contribution in [3.63, 3.8) is 0 Å². The van der Waals surface area contributed by atoms with E-state index in [9.17, 15) is 0 Å². The highest BCUT2D eigenvalue weighted by molar-refractivity contribution is 4.79. The van der Waals surface area contributed by atoms with Gasteiger partial charge in [0.25, 0.3) is 0 Å². The molecule has 1 rings (SSSR count). The van der Waals surface area contributed by atoms with Gasteiger partial charge in [-0.25, -0.2) is 0 Å². The van der Waals surface area contributed by atoms with Crippen LogP contribution in [0.3, 0.4) is 0 Å². The lowest BCUT2D eigenvalue weighted by Gasteiger charge is -2.14. The van der Waals surface area contributed by atoms with Crippen molar-refractivity contribution in [3.8, 4) is 0 Å². The summed E-state index contributed by atoms with van der Waals surface area (Å²) in [6.07, 6.45) is 3.25. The van der Waals surface area contributed by atoms with Crippen molar-refractivity contribution in [2.45, 2.75) is 6.17 Å². The summed E-state index contributed by atoms with van der Waals surface area (Å²) in [7, 11) is 0. The Morgan fingerprint density at radius 3 is 3.00 bits per heavy atom. The molecule has 1 atom stereocenters. The van der Waals surface area contributed by atoms with E-state index in [2.05, 4.69) is 5.32 Å². The lowest BCUT2D eigenvalue weighted by atomic mass is 10.5. The lowest BCUT2D eigenvalue weighted by Crippen LogP contribution is -2.39. The third-order valence-corrected chi connectivity index (χ3v) is 0.750. The van der Waals surface area contributed by atoms with Gasteiger partial charge in [-0.05, 0) is 0 Å². The van der Waals surface area contributed by atoms with E-state index in [0.29, 0.717) is 6.61 Å². The van der Waals surface area contributed by atoms with Crippen molar-refractivity contribution in [2.75, 3.05) is 6.61 Å². The molecule has 0 saturated heterocycles. The summed E-state index contributed by atoms with van der Waals surface area (Å²) in [4.78, 5) is 0. The molecule has 0 amide bonds. The summed E-state index contributed by atoms with van der Waals surface area (Å²) in [5.41, 5.74) is 5.35. The van der Waals surface area contributed by atoms with Crippen molar-refractivity contribution in [2.24, 2.45) is 5.73 Å². The zero-order valence-electron chi connectivity index (χ0n) is 3.92. The van der Waals surface area contributed by atoms with Gasteiger partial charge in [0.2, 0.25) is 0 Å². The van der Waals surface area contributed by atoms with Crippen LogP contribution in [0.2, 0.25) is 0 Å². The third-order valence-electron chi connectivity index (χ3n) is 0.750. The fourth-order valence-electron chi connectivity index (χ4n) is 0.418. The molecule has 0 aromatic carbocycles. The summed E-state index contributed by atoms with van der Waals surface area (Å²) in [5.74, 6) is 0. The van der Waals surface area contributed by atoms with Crippen LogP contribution in [0.1, 0.15) is 0 Å². The molecule has 0 saturated carbocycles. The summed E-state index contributed by atoms with van der Waals surface area (Å²) in [5, 5.41) is 2.85. The van der Waals surface area contributed by atoms with Gasteiger partial charge < -0.3 is 15.8 Å². The molecule has 3 heteroatoms. The van der Waals surface area contributed by atoms with E-state index >= 15 is 0 Å². The van der Waals surface area contributed by atoms with E-state index in [1.165, 1.54) is 0 Å². The molecule has 3 N–H and O–H groups in total. The van der Waals surface area contributed by atoms with Crippen LogP contribution in [0.5, 0.6) is 0 Å². The fraction of sp³-hybridized carbons (Fsp3) is 0.500. The van der Waals surface area contributed by atoms with Crippen LogP contribution in [0.4, 0.5) is 0 Å². The first-order valence-electron chi connectivity index (χ1n) is 2.18. The molecule has 0 aromatic rings. The maximum Gasteiger partial charge on any atom is 0.121 e. The molecular formula is C4H8N2O. The van der Waals surface area contributed by atoms with Gasteiger partial charge in [0.1, 0.15) is 12.8 Å². The van der Waals surface area contributed by atoms with Gasteiger partial charge in [-0.1, -0.05) is 0 Å². The van der Waals surface area contributed by atoms with Crippen molar-refractivity contribution in [1.29, 1.82) is 0 Å². The van der Waals surface area contributed by atoms with Crippen LogP contribution < -0.4 is 11.1 Å². The molecule has 0 spiro atoms. The monoisotopic (exact) mass is 100 g/mol. The third kappa shape index (κ3) is 1.08. The normalized spacial score (nSPS) is 28.4. The van der Waals surface area contributed by atoms with E-state index in [1.807, 2.05) is 0 Å². The molecule has 0 aliphatic carbocycles. The lowest BCUT2D eigenvalue weighted by molar-refractivity contribution is 0.199. The number of nitrogens with two attached hydrogens (primary N) is 1. The molecule has 1 aliphatic heterocycles. The van der Waals surface area contributed by atoms with Crippen molar-refractivity contribution >= 4 is 0 Å². The number of hydrogen-bond acceptors (Lipinski definition) is 3. The predicted octanol–water partition coefficient (Wildman–Crippen LogP) is -0.638. The van der Waals surface area contributed by atoms with Crippen molar-refractivity contribution in [1.82, 2.24) is 5.32 Å². The standard InChI is InChI=1S/C4H8N2O/c5-4-3-7-2-1-6-4/h1-2,4,6H,3,5H2. The SMILES string of the molecule is NC1COC=CN1. The average molecular weight is 100 g/mol. The zero-order chi connectivity index (χ0) is 5.11. The molecule has 1 heterocycles. The van der Waals surface area contributed by atoms with E-state index in [-0.39, 0.29) is 6.17 Å². The molecule has 0 fully saturated rings. The maximum atomic E-state index is 5.35. The Labute approximate surface area is 42.1 Å². The maximum absolute atomic E-state index is 5.35. The summed E-state index contributed by atoms with van der Waals surface area (Å²) in [6, 6.07) is 0. The molecule has 1 unspecified atom stereocenters. The second kappa shape index (κ2) is 1.84. The minimum atomic E-state index is -0.0231. The van der Waals surface area contributed by atoms with Crippen LogP contribution in [0.15, 0.2) is 12.5 Å². The van der Waals surface area contributed by atoms with E-state index in [1.54, 1.807) is 12.5 Å². The number of ether oxygens (including phenoxy) is 1. The topological polar surface area (TPSA) is 47.3 Å². The number of hydrogen-bond donors (Lipinski definition) is 2. The van der Waals surface area contributed by atoms with Gasteiger partial charge >= 0.3 is 0 Å². The Morgan fingerprint density at radius 1 is 1.86 bits per heavy atom. The van der Waals surface area contributed by atoms with E-state index in [0.717, 1.165) is 0 Å². The Bertz CT molecular complexity index is 81.8. The highest BCUT2D eigenvalue weighted by Crippen LogP contribution is 1.84. The Morgan fingerprint density at radius 2 is 2.71 bits per heavy atom. The van der Waals surface area contributed by atoms with Gasteiger partial charge in [0.05, 0.1) is 6.26 Å². The minimum absolute atomic E-state index is 0.0231. The van der Waals surface area contributed by atoms with Gasteiger partial charge in [-0.3, -0.25) is 0 Å². The first-order chi connectivity index (χ1) is 3.39. The predicted molar refractivity (Wildman–Crippen MR) is 26.2 cm³/mol. The quantitative estimate of drug-likeness (QED) is 0.425.